The number of rotatable bonds is 6. The summed E-state index contributed by atoms with van der Waals surface area (Å²) in [5, 5.41) is 11.5. The van der Waals surface area contributed by atoms with E-state index in [0.29, 0.717) is 6.54 Å². The van der Waals surface area contributed by atoms with Crippen LogP contribution in [0.1, 0.15) is 26.6 Å². The maximum atomic E-state index is 11.5. The normalized spacial score (nSPS) is 14.8. The van der Waals surface area contributed by atoms with Gasteiger partial charge in [-0.2, -0.15) is 0 Å². The van der Waals surface area contributed by atoms with Crippen LogP contribution in [-0.2, 0) is 17.8 Å². The molecule has 1 N–H and O–H groups in total. The number of carbonyl (C=O) groups is 1. The molecule has 1 aliphatic heterocycles. The Bertz CT molecular complexity index is 620. The topological polar surface area (TPSA) is 78.7 Å². The molecule has 1 aliphatic rings. The molecule has 1 aromatic rings. The van der Waals surface area contributed by atoms with Crippen LogP contribution in [0, 0.1) is 0 Å². The van der Waals surface area contributed by atoms with Gasteiger partial charge < -0.3 is 19.7 Å². The van der Waals surface area contributed by atoms with E-state index in [4.69, 9.17) is 0 Å². The molecular weight excluding hydrogens is 445 g/mol. The van der Waals surface area contributed by atoms with Crippen LogP contribution in [0.4, 0.5) is 0 Å². The van der Waals surface area contributed by atoms with Crippen molar-refractivity contribution in [1.29, 1.82) is 0 Å². The summed E-state index contributed by atoms with van der Waals surface area (Å²) in [6, 6.07) is 0. The highest BCUT2D eigenvalue weighted by atomic mass is 127. The van der Waals surface area contributed by atoms with E-state index in [2.05, 4.69) is 43.5 Å². The molecule has 0 unspecified atom stereocenters. The molecule has 0 bridgehead atoms. The minimum Gasteiger partial charge on any atom is -0.354 e. The van der Waals surface area contributed by atoms with Gasteiger partial charge in [-0.05, 0) is 6.92 Å². The quantitative estimate of drug-likeness (QED) is 0.289. The highest BCUT2D eigenvalue weighted by Gasteiger charge is 2.21. The zero-order valence-corrected chi connectivity index (χ0v) is 18.3. The number of carbonyl (C=O) groups excluding carboxylic acids is 1. The molecule has 146 valence electrons. The summed E-state index contributed by atoms with van der Waals surface area (Å²) in [5.74, 6) is 1.99. The number of aromatic nitrogens is 3. The van der Waals surface area contributed by atoms with E-state index < -0.39 is 0 Å². The summed E-state index contributed by atoms with van der Waals surface area (Å²) >= 11 is 0. The lowest BCUT2D eigenvalue weighted by Gasteiger charge is -2.36. The minimum atomic E-state index is 0. The predicted octanol–water partition coefficient (Wildman–Crippen LogP) is 1.14. The van der Waals surface area contributed by atoms with Gasteiger partial charge >= 0.3 is 0 Å². The SMILES string of the molecule is C=C(C)CN=C(NCCn1cnnc1CC)N1CCN(C(C)=O)CC1.I. The van der Waals surface area contributed by atoms with Crippen molar-refractivity contribution < 1.29 is 4.79 Å². The Morgan fingerprint density at radius 1 is 1.27 bits per heavy atom. The molecule has 0 radical (unpaired) electrons. The van der Waals surface area contributed by atoms with Gasteiger partial charge in [0.05, 0.1) is 6.54 Å². The number of aliphatic imine (C=N–C) groups is 1. The van der Waals surface area contributed by atoms with Gasteiger partial charge in [-0.25, -0.2) is 4.99 Å². The lowest BCUT2D eigenvalue weighted by molar-refractivity contribution is -0.130. The molecule has 0 aromatic carbocycles. The molecule has 2 heterocycles. The van der Waals surface area contributed by atoms with Crippen molar-refractivity contribution in [3.8, 4) is 0 Å². The monoisotopic (exact) mass is 475 g/mol. The third-order valence-electron chi connectivity index (χ3n) is 4.17. The Morgan fingerprint density at radius 3 is 2.50 bits per heavy atom. The molecule has 26 heavy (non-hydrogen) atoms. The van der Waals surface area contributed by atoms with E-state index in [1.54, 1.807) is 13.3 Å². The highest BCUT2D eigenvalue weighted by Crippen LogP contribution is 2.04. The number of halogens is 1. The predicted molar refractivity (Wildman–Crippen MR) is 114 cm³/mol. The van der Waals surface area contributed by atoms with E-state index in [0.717, 1.165) is 63.0 Å². The maximum absolute atomic E-state index is 11.5. The zero-order valence-electron chi connectivity index (χ0n) is 15.9. The second-order valence-corrected chi connectivity index (χ2v) is 6.31. The molecule has 2 rings (SSSR count). The van der Waals surface area contributed by atoms with E-state index in [1.165, 1.54) is 0 Å². The molecule has 0 saturated carbocycles. The fourth-order valence-electron chi connectivity index (χ4n) is 2.74. The molecule has 8 nitrogen and oxygen atoms in total. The van der Waals surface area contributed by atoms with E-state index >= 15 is 0 Å². The fraction of sp³-hybridized carbons (Fsp3) is 0.647. The fourth-order valence-corrected chi connectivity index (χ4v) is 2.74. The number of hydrogen-bond donors (Lipinski definition) is 1. The summed E-state index contributed by atoms with van der Waals surface area (Å²) in [6.07, 6.45) is 2.63. The lowest BCUT2D eigenvalue weighted by atomic mass is 10.3. The first-order valence-corrected chi connectivity index (χ1v) is 8.81. The van der Waals surface area contributed by atoms with Crippen molar-refractivity contribution >= 4 is 35.8 Å². The minimum absolute atomic E-state index is 0. The van der Waals surface area contributed by atoms with Crippen molar-refractivity contribution in [1.82, 2.24) is 29.9 Å². The van der Waals surface area contributed by atoms with E-state index in [-0.39, 0.29) is 29.9 Å². The first-order valence-electron chi connectivity index (χ1n) is 8.81. The van der Waals surface area contributed by atoms with Crippen molar-refractivity contribution in [3.05, 3.63) is 24.3 Å². The van der Waals surface area contributed by atoms with Gasteiger partial charge in [0.15, 0.2) is 5.96 Å². The van der Waals surface area contributed by atoms with Crippen LogP contribution in [0.25, 0.3) is 0 Å². The second kappa shape index (κ2) is 11.1. The summed E-state index contributed by atoms with van der Waals surface area (Å²) in [5.41, 5.74) is 1.02. The van der Waals surface area contributed by atoms with Gasteiger partial charge in [0.2, 0.25) is 5.91 Å². The van der Waals surface area contributed by atoms with Crippen molar-refractivity contribution in [2.24, 2.45) is 4.99 Å². The smallest absolute Gasteiger partial charge is 0.219 e. The van der Waals surface area contributed by atoms with Gasteiger partial charge in [0.1, 0.15) is 12.2 Å². The molecule has 1 aromatic heterocycles. The standard InChI is InChI=1S/C17H29N7O.HI/c1-5-16-21-20-13-24(16)7-6-18-17(19-12-14(2)3)23-10-8-22(9-11-23)15(4)25;/h13H,2,5-12H2,1,3-4H3,(H,18,19);1H. The lowest BCUT2D eigenvalue weighted by Crippen LogP contribution is -2.53. The number of nitrogens with zero attached hydrogens (tertiary/aromatic N) is 6. The van der Waals surface area contributed by atoms with E-state index in [1.807, 2.05) is 11.8 Å². The van der Waals surface area contributed by atoms with Crippen molar-refractivity contribution in [2.75, 3.05) is 39.3 Å². The summed E-state index contributed by atoms with van der Waals surface area (Å²) in [4.78, 5) is 20.2. The van der Waals surface area contributed by atoms with Gasteiger partial charge in [0.25, 0.3) is 0 Å². The van der Waals surface area contributed by atoms with Gasteiger partial charge in [-0.15, -0.1) is 34.2 Å². The van der Waals surface area contributed by atoms with Crippen LogP contribution in [0.2, 0.25) is 0 Å². The summed E-state index contributed by atoms with van der Waals surface area (Å²) in [6.45, 7) is 14.8. The van der Waals surface area contributed by atoms with Crippen LogP contribution in [-0.4, -0.2) is 75.7 Å². The van der Waals surface area contributed by atoms with E-state index in [9.17, 15) is 4.79 Å². The Morgan fingerprint density at radius 2 is 1.92 bits per heavy atom. The van der Waals surface area contributed by atoms with Crippen LogP contribution >= 0.6 is 24.0 Å². The number of nitrogens with one attached hydrogen (secondary N) is 1. The van der Waals surface area contributed by atoms with Crippen LogP contribution in [0.15, 0.2) is 23.5 Å². The van der Waals surface area contributed by atoms with Gasteiger partial charge in [0, 0.05) is 52.6 Å². The number of guanidine groups is 1. The Labute approximate surface area is 172 Å². The first kappa shape index (κ1) is 22.4. The molecule has 1 saturated heterocycles. The molecule has 1 fully saturated rings. The van der Waals surface area contributed by atoms with Crippen LogP contribution < -0.4 is 5.32 Å². The highest BCUT2D eigenvalue weighted by molar-refractivity contribution is 14.0. The number of hydrogen-bond acceptors (Lipinski definition) is 4. The van der Waals surface area contributed by atoms with Crippen molar-refractivity contribution in [3.63, 3.8) is 0 Å². The first-order chi connectivity index (χ1) is 12.0. The Balaban J connectivity index is 0.00000338. The van der Waals surface area contributed by atoms with Crippen LogP contribution in [0.5, 0.6) is 0 Å². The Hall–Kier alpha value is -1.65. The third-order valence-corrected chi connectivity index (χ3v) is 4.17. The maximum Gasteiger partial charge on any atom is 0.219 e. The molecule has 1 amide bonds. The van der Waals surface area contributed by atoms with Gasteiger partial charge in [-0.1, -0.05) is 19.1 Å². The molecule has 0 atom stereocenters. The average molecular weight is 475 g/mol. The second-order valence-electron chi connectivity index (χ2n) is 6.31. The Kier molecular flexibility index (Phi) is 9.60. The number of aryl methyl sites for hydroxylation is 1. The van der Waals surface area contributed by atoms with Crippen molar-refractivity contribution in [2.45, 2.75) is 33.7 Å². The van der Waals surface area contributed by atoms with Crippen LogP contribution in [0.3, 0.4) is 0 Å². The third kappa shape index (κ3) is 6.58. The molecule has 9 heteroatoms. The largest absolute Gasteiger partial charge is 0.354 e. The van der Waals surface area contributed by atoms with Gasteiger partial charge in [-0.3, -0.25) is 4.79 Å². The molecule has 0 aliphatic carbocycles. The summed E-state index contributed by atoms with van der Waals surface area (Å²) in [7, 11) is 0. The number of amides is 1. The molecular formula is C17H30IN7O. The number of piperazine rings is 1. The average Bonchev–Trinajstić information content (AvgIpc) is 3.05. The molecule has 0 spiro atoms. The summed E-state index contributed by atoms with van der Waals surface area (Å²) < 4.78 is 2.05. The zero-order chi connectivity index (χ0) is 18.2.